The minimum absolute atomic E-state index is 0.0394. The zero-order chi connectivity index (χ0) is 12.1. The molecule has 16 heavy (non-hydrogen) atoms. The molecule has 0 aliphatic carbocycles. The molecular formula is C11H18ClN3O. The number of hydrogen-bond donors (Lipinski definition) is 1. The number of carbonyl (C=O) groups excluding carboxylic acids is 1. The van der Waals surface area contributed by atoms with Gasteiger partial charge in [0.25, 0.3) is 0 Å². The average Bonchev–Trinajstić information content (AvgIpc) is 2.58. The van der Waals surface area contributed by atoms with E-state index < -0.39 is 0 Å². The fraction of sp³-hybridized carbons (Fsp3) is 0.636. The third kappa shape index (κ3) is 3.32. The lowest BCUT2D eigenvalue weighted by atomic mass is 10.2. The van der Waals surface area contributed by atoms with Crippen LogP contribution in [0.5, 0.6) is 0 Å². The van der Waals surface area contributed by atoms with Gasteiger partial charge in [-0.3, -0.25) is 9.48 Å². The van der Waals surface area contributed by atoms with Crippen molar-refractivity contribution in [2.75, 3.05) is 6.54 Å². The Bertz CT molecular complexity index is 360. The molecule has 0 saturated carbocycles. The Hall–Kier alpha value is -0.870. The van der Waals surface area contributed by atoms with Gasteiger partial charge >= 0.3 is 0 Å². The van der Waals surface area contributed by atoms with E-state index in [1.807, 2.05) is 20.8 Å². The summed E-state index contributed by atoms with van der Waals surface area (Å²) in [6.07, 6.45) is 1.97. The van der Waals surface area contributed by atoms with E-state index in [0.717, 1.165) is 0 Å². The van der Waals surface area contributed by atoms with Crippen LogP contribution in [0.15, 0.2) is 6.20 Å². The molecule has 1 aromatic rings. The lowest BCUT2D eigenvalue weighted by Gasteiger charge is -2.08. The van der Waals surface area contributed by atoms with Crippen LogP contribution in [0.1, 0.15) is 37.7 Å². The van der Waals surface area contributed by atoms with E-state index >= 15 is 0 Å². The number of Topliss-reactive ketones (excluding diaryl/α,β-unsaturated/α-hetero) is 1. The van der Waals surface area contributed by atoms with Crippen molar-refractivity contribution >= 4 is 17.4 Å². The maximum absolute atomic E-state index is 11.9. The van der Waals surface area contributed by atoms with Crippen molar-refractivity contribution in [3.05, 3.63) is 16.9 Å². The Morgan fingerprint density at radius 3 is 2.88 bits per heavy atom. The number of hydrogen-bond acceptors (Lipinski definition) is 3. The highest BCUT2D eigenvalue weighted by Gasteiger charge is 2.16. The summed E-state index contributed by atoms with van der Waals surface area (Å²) in [5.41, 5.74) is 0.523. The summed E-state index contributed by atoms with van der Waals surface area (Å²) >= 11 is 5.94. The molecular weight excluding hydrogens is 226 g/mol. The highest BCUT2D eigenvalue weighted by atomic mass is 35.5. The first-order valence-electron chi connectivity index (χ1n) is 5.54. The summed E-state index contributed by atoms with van der Waals surface area (Å²) in [5, 5.41) is 7.68. The quantitative estimate of drug-likeness (QED) is 0.779. The molecule has 0 amide bonds. The van der Waals surface area contributed by atoms with Crippen LogP contribution in [0, 0.1) is 0 Å². The molecule has 0 aliphatic heterocycles. The molecule has 0 radical (unpaired) electrons. The molecule has 1 N–H and O–H groups in total. The van der Waals surface area contributed by atoms with E-state index in [2.05, 4.69) is 10.4 Å². The molecule has 0 spiro atoms. The second-order valence-corrected chi connectivity index (χ2v) is 4.35. The summed E-state index contributed by atoms with van der Waals surface area (Å²) in [6.45, 7) is 7.36. The third-order valence-electron chi connectivity index (χ3n) is 2.26. The molecule has 0 aliphatic rings. The lowest BCUT2D eigenvalue weighted by Crippen LogP contribution is -2.26. The minimum atomic E-state index is 0.0394. The second kappa shape index (κ2) is 6.01. The van der Waals surface area contributed by atoms with Crippen molar-refractivity contribution in [1.29, 1.82) is 0 Å². The molecule has 1 aromatic heterocycles. The molecule has 0 unspecified atom stereocenters. The molecule has 5 heteroatoms. The van der Waals surface area contributed by atoms with E-state index in [4.69, 9.17) is 11.6 Å². The van der Waals surface area contributed by atoms with Crippen LogP contribution in [0.2, 0.25) is 5.02 Å². The predicted molar refractivity (Wildman–Crippen MR) is 65.0 cm³/mol. The van der Waals surface area contributed by atoms with E-state index in [1.165, 1.54) is 6.20 Å². The Labute approximate surface area is 101 Å². The van der Waals surface area contributed by atoms with Gasteiger partial charge in [0.2, 0.25) is 0 Å². The normalized spacial score (nSPS) is 11.1. The van der Waals surface area contributed by atoms with Gasteiger partial charge in [-0.25, -0.2) is 0 Å². The zero-order valence-corrected chi connectivity index (χ0v) is 10.7. The zero-order valence-electron chi connectivity index (χ0n) is 9.96. The van der Waals surface area contributed by atoms with Gasteiger partial charge in [-0.05, 0) is 6.92 Å². The van der Waals surface area contributed by atoms with Crippen LogP contribution < -0.4 is 5.32 Å². The number of carbonyl (C=O) groups is 1. The van der Waals surface area contributed by atoms with Gasteiger partial charge in [-0.2, -0.15) is 5.10 Å². The number of halogens is 1. The molecule has 4 nitrogen and oxygen atoms in total. The number of aromatic nitrogens is 2. The van der Waals surface area contributed by atoms with Crippen LogP contribution in [-0.4, -0.2) is 28.2 Å². The number of rotatable bonds is 6. The SMILES string of the molecule is CCn1ncc(Cl)c1C(=O)CCNC(C)C. The lowest BCUT2D eigenvalue weighted by molar-refractivity contribution is 0.0972. The van der Waals surface area contributed by atoms with Crippen LogP contribution in [0.3, 0.4) is 0 Å². The summed E-state index contributed by atoms with van der Waals surface area (Å²) in [4.78, 5) is 11.9. The van der Waals surface area contributed by atoms with Gasteiger partial charge in [-0.1, -0.05) is 25.4 Å². The molecule has 1 heterocycles. The molecule has 0 fully saturated rings. The number of ketones is 1. The van der Waals surface area contributed by atoms with Gasteiger partial charge < -0.3 is 5.32 Å². The maximum Gasteiger partial charge on any atom is 0.183 e. The van der Waals surface area contributed by atoms with Gasteiger partial charge in [0.1, 0.15) is 5.69 Å². The highest BCUT2D eigenvalue weighted by molar-refractivity contribution is 6.33. The molecule has 0 aromatic carbocycles. The van der Waals surface area contributed by atoms with Gasteiger partial charge in [-0.15, -0.1) is 0 Å². The van der Waals surface area contributed by atoms with Crippen molar-refractivity contribution in [3.8, 4) is 0 Å². The minimum Gasteiger partial charge on any atom is -0.314 e. The first-order valence-corrected chi connectivity index (χ1v) is 5.92. The van der Waals surface area contributed by atoms with Crippen molar-refractivity contribution in [2.24, 2.45) is 0 Å². The van der Waals surface area contributed by atoms with Gasteiger partial charge in [0.15, 0.2) is 5.78 Å². The monoisotopic (exact) mass is 243 g/mol. The molecule has 90 valence electrons. The largest absolute Gasteiger partial charge is 0.314 e. The number of aryl methyl sites for hydroxylation is 1. The van der Waals surface area contributed by atoms with Gasteiger partial charge in [0.05, 0.1) is 11.2 Å². The van der Waals surface area contributed by atoms with Crippen LogP contribution in [-0.2, 0) is 6.54 Å². The van der Waals surface area contributed by atoms with Gasteiger partial charge in [0, 0.05) is 25.6 Å². The summed E-state index contributed by atoms with van der Waals surface area (Å²) in [5.74, 6) is 0.0394. The van der Waals surface area contributed by atoms with E-state index in [1.54, 1.807) is 4.68 Å². The van der Waals surface area contributed by atoms with Crippen molar-refractivity contribution < 1.29 is 4.79 Å². The summed E-state index contributed by atoms with van der Waals surface area (Å²) < 4.78 is 1.64. The Morgan fingerprint density at radius 2 is 2.31 bits per heavy atom. The summed E-state index contributed by atoms with van der Waals surface area (Å²) in [6, 6.07) is 0.388. The molecule has 0 bridgehead atoms. The summed E-state index contributed by atoms with van der Waals surface area (Å²) in [7, 11) is 0. The number of nitrogens with zero attached hydrogens (tertiary/aromatic N) is 2. The fourth-order valence-corrected chi connectivity index (χ4v) is 1.72. The standard InChI is InChI=1S/C11H18ClN3O/c1-4-15-11(9(12)7-14-15)10(16)5-6-13-8(2)3/h7-8,13H,4-6H2,1-3H3. The van der Waals surface area contributed by atoms with Crippen molar-refractivity contribution in [1.82, 2.24) is 15.1 Å². The van der Waals surface area contributed by atoms with Crippen LogP contribution in [0.4, 0.5) is 0 Å². The van der Waals surface area contributed by atoms with Crippen LogP contribution in [0.25, 0.3) is 0 Å². The maximum atomic E-state index is 11.9. The van der Waals surface area contributed by atoms with Crippen molar-refractivity contribution in [2.45, 2.75) is 39.8 Å². The first-order chi connectivity index (χ1) is 7.56. The topological polar surface area (TPSA) is 46.9 Å². The first kappa shape index (κ1) is 13.2. The van der Waals surface area contributed by atoms with Crippen molar-refractivity contribution in [3.63, 3.8) is 0 Å². The van der Waals surface area contributed by atoms with E-state index in [0.29, 0.717) is 36.3 Å². The fourth-order valence-electron chi connectivity index (χ4n) is 1.47. The van der Waals surface area contributed by atoms with Crippen LogP contribution >= 0.6 is 11.6 Å². The third-order valence-corrected chi connectivity index (χ3v) is 2.54. The smallest absolute Gasteiger partial charge is 0.183 e. The Morgan fingerprint density at radius 1 is 1.62 bits per heavy atom. The Kier molecular flexibility index (Phi) is 4.96. The van der Waals surface area contributed by atoms with E-state index in [9.17, 15) is 4.79 Å². The average molecular weight is 244 g/mol. The molecule has 1 rings (SSSR count). The molecule has 0 saturated heterocycles. The number of nitrogens with one attached hydrogen (secondary N) is 1. The van der Waals surface area contributed by atoms with E-state index in [-0.39, 0.29) is 5.78 Å². The predicted octanol–water partition coefficient (Wildman–Crippen LogP) is 2.13. The second-order valence-electron chi connectivity index (χ2n) is 3.94. The Balaban J connectivity index is 2.62. The molecule has 0 atom stereocenters. The highest BCUT2D eigenvalue weighted by Crippen LogP contribution is 2.16.